The molecule has 1 radical (unpaired) electrons. The van der Waals surface area contributed by atoms with E-state index in [1.54, 1.807) is 0 Å². The third-order valence-electron chi connectivity index (χ3n) is 6.07. The molecule has 1 N–H and O–H groups in total. The van der Waals surface area contributed by atoms with E-state index in [-0.39, 0.29) is 37.1 Å². The Labute approximate surface area is 241 Å². The van der Waals surface area contributed by atoms with Crippen molar-refractivity contribution in [3.05, 3.63) is 95.5 Å². The number of aryl methyl sites for hydroxylation is 3. The van der Waals surface area contributed by atoms with Crippen LogP contribution in [0.2, 0.25) is 0 Å². The topological polar surface area (TPSA) is 55.1 Å². The summed E-state index contributed by atoms with van der Waals surface area (Å²) in [5.41, 5.74) is 7.01. The second kappa shape index (κ2) is 12.2. The van der Waals surface area contributed by atoms with E-state index in [0.717, 1.165) is 33.4 Å². The zero-order valence-electron chi connectivity index (χ0n) is 23.9. The van der Waals surface area contributed by atoms with Gasteiger partial charge in [0.05, 0.1) is 5.52 Å². The largest absolute Gasteiger partial charge is 0.512 e. The number of hydrogen-bond acceptors (Lipinski definition) is 3. The van der Waals surface area contributed by atoms with Crippen LogP contribution in [0.1, 0.15) is 58.2 Å². The molecule has 0 unspecified atom stereocenters. The van der Waals surface area contributed by atoms with Crippen molar-refractivity contribution >= 4 is 16.7 Å². The summed E-state index contributed by atoms with van der Waals surface area (Å²) in [6, 6.07) is 20.4. The monoisotopic (exact) mass is 688 g/mol. The molecule has 2 aromatic heterocycles. The zero-order chi connectivity index (χ0) is 27.5. The zero-order valence-corrected chi connectivity index (χ0v) is 26.3. The first-order valence-electron chi connectivity index (χ1n) is 12.7. The van der Waals surface area contributed by atoms with E-state index in [9.17, 15) is 9.90 Å². The molecule has 5 heteroatoms. The second-order valence-electron chi connectivity index (χ2n) is 11.8. The van der Waals surface area contributed by atoms with Gasteiger partial charge in [0, 0.05) is 55.1 Å². The Hall–Kier alpha value is -3.01. The van der Waals surface area contributed by atoms with Crippen molar-refractivity contribution in [3.8, 4) is 16.9 Å². The predicted octanol–water partition coefficient (Wildman–Crippen LogP) is 8.51. The normalized spacial score (nSPS) is 12.0. The molecular formula is C33H39IrN2O2-. The van der Waals surface area contributed by atoms with Gasteiger partial charge in [-0.25, -0.2) is 0 Å². The molecule has 0 saturated heterocycles. The quantitative estimate of drug-likeness (QED) is 0.134. The van der Waals surface area contributed by atoms with Gasteiger partial charge in [0.15, 0.2) is 5.78 Å². The van der Waals surface area contributed by atoms with Crippen LogP contribution in [0, 0.1) is 37.7 Å². The summed E-state index contributed by atoms with van der Waals surface area (Å²) in [5, 5.41) is 10.7. The van der Waals surface area contributed by atoms with E-state index in [2.05, 4.69) is 67.8 Å². The Morgan fingerprint density at radius 2 is 1.55 bits per heavy atom. The minimum atomic E-state index is -0.417. The van der Waals surface area contributed by atoms with Crippen molar-refractivity contribution in [2.45, 2.75) is 62.3 Å². The Kier molecular flexibility index (Phi) is 10.0. The smallest absolute Gasteiger partial charge is 0.164 e. The number of nitrogens with zero attached hydrogens (tertiary/aromatic N) is 2. The molecule has 0 amide bonds. The summed E-state index contributed by atoms with van der Waals surface area (Å²) in [6.07, 6.45) is 5.43. The first kappa shape index (κ1) is 31.2. The number of aliphatic hydroxyl groups excluding tert-OH is 1. The van der Waals surface area contributed by atoms with Gasteiger partial charge in [-0.05, 0) is 42.3 Å². The Balaban J connectivity index is 0.000000313. The van der Waals surface area contributed by atoms with E-state index in [0.29, 0.717) is 0 Å². The number of pyridine rings is 1. The van der Waals surface area contributed by atoms with Gasteiger partial charge in [-0.2, -0.15) is 0 Å². The first-order chi connectivity index (χ1) is 17.1. The Morgan fingerprint density at radius 1 is 0.921 bits per heavy atom. The van der Waals surface area contributed by atoms with Crippen molar-refractivity contribution in [1.82, 2.24) is 9.55 Å². The maximum absolute atomic E-state index is 11.5. The average molecular weight is 688 g/mol. The maximum Gasteiger partial charge on any atom is 0.164 e. The molecule has 38 heavy (non-hydrogen) atoms. The van der Waals surface area contributed by atoms with Crippen LogP contribution in [0.4, 0.5) is 0 Å². The molecule has 2 aromatic carbocycles. The number of fused-ring (bicyclic) bond motifs is 1. The van der Waals surface area contributed by atoms with Crippen molar-refractivity contribution < 1.29 is 30.0 Å². The summed E-state index contributed by atoms with van der Waals surface area (Å²) < 4.78 is 2.10. The van der Waals surface area contributed by atoms with Crippen LogP contribution in [0.3, 0.4) is 0 Å². The van der Waals surface area contributed by atoms with Crippen LogP contribution >= 0.6 is 0 Å². The van der Waals surface area contributed by atoms with E-state index < -0.39 is 5.41 Å². The number of aromatic nitrogens is 2. The van der Waals surface area contributed by atoms with Gasteiger partial charge in [-0.1, -0.05) is 73.1 Å². The summed E-state index contributed by atoms with van der Waals surface area (Å²) in [6.45, 7) is 17.4. The minimum absolute atomic E-state index is 0. The van der Waals surface area contributed by atoms with Crippen LogP contribution in [0.5, 0.6) is 0 Å². The summed E-state index contributed by atoms with van der Waals surface area (Å²) in [4.78, 5) is 16.4. The standard InChI is InChI=1S/C22H19N2.C11H20O2.Ir/c1-15-10-16(2)12-19(11-15)22-17(3)13-18-6-7-20(14-21(18)23-22)24-8-4-5-9-24;1-10(2,3)8(12)7-9(13)11(4,5)6;/h4-11,13-14H,1-3H3;7,12H,1-6H3;/q-1;;/b;8-7-;. The van der Waals surface area contributed by atoms with Crippen molar-refractivity contribution in [1.29, 1.82) is 0 Å². The van der Waals surface area contributed by atoms with Crippen LogP contribution < -0.4 is 0 Å². The Bertz CT molecular complexity index is 1420. The number of ketones is 1. The molecule has 0 atom stereocenters. The fraction of sp³-hybridized carbons (Fsp3) is 0.333. The van der Waals surface area contributed by atoms with E-state index >= 15 is 0 Å². The van der Waals surface area contributed by atoms with Gasteiger partial charge < -0.3 is 9.67 Å². The van der Waals surface area contributed by atoms with Crippen molar-refractivity contribution in [2.24, 2.45) is 10.8 Å². The predicted molar refractivity (Wildman–Crippen MR) is 154 cm³/mol. The van der Waals surface area contributed by atoms with Crippen LogP contribution in [-0.4, -0.2) is 20.4 Å². The van der Waals surface area contributed by atoms with Gasteiger partial charge in [-0.15, -0.1) is 34.9 Å². The number of aliphatic hydroxyl groups is 1. The first-order valence-corrected chi connectivity index (χ1v) is 12.7. The molecule has 0 aliphatic carbocycles. The third kappa shape index (κ3) is 7.99. The van der Waals surface area contributed by atoms with E-state index in [4.69, 9.17) is 4.98 Å². The average Bonchev–Trinajstić information content (AvgIpc) is 3.32. The molecule has 0 fully saturated rings. The fourth-order valence-electron chi connectivity index (χ4n) is 3.78. The molecule has 4 aromatic rings. The summed E-state index contributed by atoms with van der Waals surface area (Å²) in [5.74, 6) is 0.104. The molecule has 0 saturated carbocycles. The van der Waals surface area contributed by atoms with Gasteiger partial charge in [0.1, 0.15) is 5.76 Å². The van der Waals surface area contributed by atoms with Crippen LogP contribution in [-0.2, 0) is 24.9 Å². The third-order valence-corrected chi connectivity index (χ3v) is 6.07. The van der Waals surface area contributed by atoms with Gasteiger partial charge in [-0.3, -0.25) is 9.78 Å². The maximum atomic E-state index is 11.5. The molecule has 2 heterocycles. The van der Waals surface area contributed by atoms with E-state index in [1.165, 1.54) is 17.2 Å². The number of carbonyl (C=O) groups is 1. The number of allylic oxidation sites excluding steroid dienone is 2. The molecular weight excluding hydrogens is 649 g/mol. The van der Waals surface area contributed by atoms with Crippen LogP contribution in [0.15, 0.2) is 72.8 Å². The fourth-order valence-corrected chi connectivity index (χ4v) is 3.78. The molecule has 0 aliphatic rings. The van der Waals surface area contributed by atoms with Crippen molar-refractivity contribution in [3.63, 3.8) is 0 Å². The number of hydrogen-bond donors (Lipinski definition) is 1. The number of benzene rings is 2. The summed E-state index contributed by atoms with van der Waals surface area (Å²) in [7, 11) is 0. The number of rotatable bonds is 3. The summed E-state index contributed by atoms with van der Waals surface area (Å²) >= 11 is 0. The molecule has 203 valence electrons. The van der Waals surface area contributed by atoms with Gasteiger partial charge in [0.2, 0.25) is 0 Å². The van der Waals surface area contributed by atoms with Crippen LogP contribution in [0.25, 0.3) is 27.8 Å². The van der Waals surface area contributed by atoms with Crippen molar-refractivity contribution in [2.75, 3.05) is 0 Å². The minimum Gasteiger partial charge on any atom is -0.512 e. The SMILES string of the molecule is CC(C)(C)C(=O)/C=C(\O)C(C)(C)C.Cc1[c-]c(-c2nc3cc(-n4cccc4)ccc3cc2C)cc(C)c1.[Ir]. The number of carbonyl (C=O) groups excluding carboxylic acids is 1. The second-order valence-corrected chi connectivity index (χ2v) is 11.8. The van der Waals surface area contributed by atoms with Gasteiger partial charge >= 0.3 is 0 Å². The van der Waals surface area contributed by atoms with E-state index in [1.807, 2.05) is 66.1 Å². The Morgan fingerprint density at radius 3 is 2.11 bits per heavy atom. The van der Waals surface area contributed by atoms with Gasteiger partial charge in [0.25, 0.3) is 0 Å². The molecule has 4 rings (SSSR count). The molecule has 0 spiro atoms. The molecule has 4 nitrogen and oxygen atoms in total. The molecule has 0 aliphatic heterocycles. The molecule has 0 bridgehead atoms.